The second-order valence-electron chi connectivity index (χ2n) is 5.32. The van der Waals surface area contributed by atoms with Gasteiger partial charge < -0.3 is 10.4 Å². The maximum absolute atomic E-state index is 12.0. The summed E-state index contributed by atoms with van der Waals surface area (Å²) in [7, 11) is 0. The third kappa shape index (κ3) is 4.47. The molecule has 0 bridgehead atoms. The second-order valence-corrected chi connectivity index (χ2v) is 6.54. The summed E-state index contributed by atoms with van der Waals surface area (Å²) in [5.74, 6) is 0.0629. The predicted molar refractivity (Wildman–Crippen MR) is 86.3 cm³/mol. The highest BCUT2D eigenvalue weighted by atomic mass is 35.5. The van der Waals surface area contributed by atoms with Gasteiger partial charge in [0.25, 0.3) is 0 Å². The summed E-state index contributed by atoms with van der Waals surface area (Å²) in [4.78, 5) is 14.1. The number of rotatable bonds is 4. The van der Waals surface area contributed by atoms with Crippen molar-refractivity contribution in [1.82, 2.24) is 4.90 Å². The lowest BCUT2D eigenvalue weighted by atomic mass is 10.0. The van der Waals surface area contributed by atoms with Crippen LogP contribution in [-0.2, 0) is 4.79 Å². The minimum atomic E-state index is -0.345. The number of hydrogen-bond acceptors (Lipinski definition) is 3. The number of likely N-dealkylation sites (tertiary alicyclic amines) is 1. The number of benzene rings is 1. The van der Waals surface area contributed by atoms with Gasteiger partial charge in [-0.3, -0.25) is 9.69 Å². The molecule has 1 saturated heterocycles. The number of anilines is 1. The van der Waals surface area contributed by atoms with Gasteiger partial charge in [-0.1, -0.05) is 34.8 Å². The molecule has 1 aromatic rings. The van der Waals surface area contributed by atoms with Crippen molar-refractivity contribution >= 4 is 46.4 Å². The van der Waals surface area contributed by atoms with E-state index in [9.17, 15) is 9.90 Å². The lowest BCUT2D eigenvalue weighted by Crippen LogP contribution is -2.32. The van der Waals surface area contributed by atoms with E-state index >= 15 is 0 Å². The average Bonchev–Trinajstić information content (AvgIpc) is 2.84. The molecule has 21 heavy (non-hydrogen) atoms. The normalized spacial score (nSPS) is 20.5. The van der Waals surface area contributed by atoms with E-state index in [1.807, 2.05) is 4.90 Å². The van der Waals surface area contributed by atoms with Crippen LogP contribution < -0.4 is 5.32 Å². The predicted octanol–water partition coefficient (Wildman–Crippen LogP) is 3.29. The van der Waals surface area contributed by atoms with Crippen LogP contribution in [0.3, 0.4) is 0 Å². The zero-order chi connectivity index (χ0) is 15.6. The highest BCUT2D eigenvalue weighted by Crippen LogP contribution is 2.32. The molecule has 0 aliphatic carbocycles. The van der Waals surface area contributed by atoms with Gasteiger partial charge in [-0.25, -0.2) is 0 Å². The van der Waals surface area contributed by atoms with Crippen molar-refractivity contribution in [1.29, 1.82) is 0 Å². The van der Waals surface area contributed by atoms with Crippen LogP contribution in [0.15, 0.2) is 12.1 Å². The lowest BCUT2D eigenvalue weighted by molar-refractivity contribution is -0.117. The van der Waals surface area contributed by atoms with E-state index in [-0.39, 0.29) is 24.5 Å². The zero-order valence-electron chi connectivity index (χ0n) is 11.6. The van der Waals surface area contributed by atoms with Crippen LogP contribution in [0.2, 0.25) is 15.1 Å². The van der Waals surface area contributed by atoms with Gasteiger partial charge in [0.05, 0.1) is 33.4 Å². The highest BCUT2D eigenvalue weighted by molar-refractivity contribution is 6.44. The Kier molecular flexibility index (Phi) is 5.74. The standard InChI is InChI=1S/C14H17Cl3N2O2/c1-8(20)9-2-3-19(6-9)7-14(21)18-13-5-11(16)10(15)4-12(13)17/h4-5,8-9,20H,2-3,6-7H2,1H3,(H,18,21). The first-order valence-corrected chi connectivity index (χ1v) is 7.85. The molecule has 116 valence electrons. The molecule has 2 unspecified atom stereocenters. The van der Waals surface area contributed by atoms with Crippen molar-refractivity contribution < 1.29 is 9.90 Å². The van der Waals surface area contributed by atoms with E-state index in [1.165, 1.54) is 12.1 Å². The molecule has 1 amide bonds. The number of aliphatic hydroxyl groups is 1. The van der Waals surface area contributed by atoms with Gasteiger partial charge in [0.1, 0.15) is 0 Å². The second kappa shape index (κ2) is 7.16. The largest absolute Gasteiger partial charge is 0.393 e. The molecule has 2 N–H and O–H groups in total. The Morgan fingerprint density at radius 2 is 2.05 bits per heavy atom. The number of nitrogens with zero attached hydrogens (tertiary/aromatic N) is 1. The van der Waals surface area contributed by atoms with Gasteiger partial charge in [-0.2, -0.15) is 0 Å². The minimum absolute atomic E-state index is 0.165. The maximum Gasteiger partial charge on any atom is 0.238 e. The van der Waals surface area contributed by atoms with E-state index < -0.39 is 0 Å². The summed E-state index contributed by atoms with van der Waals surface area (Å²) < 4.78 is 0. The highest BCUT2D eigenvalue weighted by Gasteiger charge is 2.27. The van der Waals surface area contributed by atoms with Crippen LogP contribution in [-0.4, -0.2) is 41.7 Å². The summed E-state index contributed by atoms with van der Waals surface area (Å²) in [5.41, 5.74) is 0.447. The van der Waals surface area contributed by atoms with Gasteiger partial charge in [0.2, 0.25) is 5.91 Å². The maximum atomic E-state index is 12.0. The van der Waals surface area contributed by atoms with E-state index in [1.54, 1.807) is 6.92 Å². The lowest BCUT2D eigenvalue weighted by Gasteiger charge is -2.17. The molecule has 2 rings (SSSR count). The van der Waals surface area contributed by atoms with E-state index in [0.717, 1.165) is 19.5 Å². The van der Waals surface area contributed by atoms with Crippen molar-refractivity contribution in [2.75, 3.05) is 25.0 Å². The average molecular weight is 352 g/mol. The van der Waals surface area contributed by atoms with Crippen molar-refractivity contribution in [2.24, 2.45) is 5.92 Å². The summed E-state index contributed by atoms with van der Waals surface area (Å²) in [6, 6.07) is 3.03. The molecule has 0 radical (unpaired) electrons. The Bertz CT molecular complexity index is 537. The number of halogens is 3. The molecular weight excluding hydrogens is 335 g/mol. The van der Waals surface area contributed by atoms with E-state index in [2.05, 4.69) is 5.32 Å². The quantitative estimate of drug-likeness (QED) is 0.819. The van der Waals surface area contributed by atoms with Gasteiger partial charge in [0, 0.05) is 6.54 Å². The number of carbonyl (C=O) groups excluding carboxylic acids is 1. The van der Waals surface area contributed by atoms with Crippen molar-refractivity contribution in [3.05, 3.63) is 27.2 Å². The fraction of sp³-hybridized carbons (Fsp3) is 0.500. The number of hydrogen-bond donors (Lipinski definition) is 2. The van der Waals surface area contributed by atoms with E-state index in [4.69, 9.17) is 34.8 Å². The molecule has 0 aromatic heterocycles. The van der Waals surface area contributed by atoms with Crippen LogP contribution >= 0.6 is 34.8 Å². The van der Waals surface area contributed by atoms with Crippen LogP contribution in [0.5, 0.6) is 0 Å². The summed E-state index contributed by atoms with van der Waals surface area (Å²) in [6.45, 7) is 3.57. The molecule has 1 fully saturated rings. The molecule has 0 saturated carbocycles. The van der Waals surface area contributed by atoms with Crippen LogP contribution in [0.4, 0.5) is 5.69 Å². The molecule has 1 heterocycles. The first-order valence-electron chi connectivity index (χ1n) is 6.71. The SMILES string of the molecule is CC(O)C1CCN(CC(=O)Nc2cc(Cl)c(Cl)cc2Cl)C1. The zero-order valence-corrected chi connectivity index (χ0v) is 13.8. The number of aliphatic hydroxyl groups excluding tert-OH is 1. The molecule has 0 spiro atoms. The molecule has 1 aliphatic rings. The van der Waals surface area contributed by atoms with Crippen LogP contribution in [0.1, 0.15) is 13.3 Å². The molecule has 1 aliphatic heterocycles. The van der Waals surface area contributed by atoms with Gasteiger partial charge >= 0.3 is 0 Å². The molecule has 1 aromatic carbocycles. The summed E-state index contributed by atoms with van der Waals surface area (Å²) in [5, 5.41) is 13.3. The molecule has 7 heteroatoms. The Balaban J connectivity index is 1.92. The summed E-state index contributed by atoms with van der Waals surface area (Å²) in [6.07, 6.45) is 0.556. The topological polar surface area (TPSA) is 52.6 Å². The number of nitrogens with one attached hydrogen (secondary N) is 1. The third-order valence-electron chi connectivity index (χ3n) is 3.64. The van der Waals surface area contributed by atoms with Crippen molar-refractivity contribution in [2.45, 2.75) is 19.4 Å². The van der Waals surface area contributed by atoms with Crippen molar-refractivity contribution in [3.63, 3.8) is 0 Å². The number of carbonyl (C=O) groups is 1. The smallest absolute Gasteiger partial charge is 0.238 e. The van der Waals surface area contributed by atoms with Crippen LogP contribution in [0.25, 0.3) is 0 Å². The molecule has 2 atom stereocenters. The Morgan fingerprint density at radius 3 is 2.67 bits per heavy atom. The minimum Gasteiger partial charge on any atom is -0.393 e. The number of amides is 1. The summed E-state index contributed by atoms with van der Waals surface area (Å²) >= 11 is 17.8. The van der Waals surface area contributed by atoms with E-state index in [0.29, 0.717) is 20.8 Å². The fourth-order valence-corrected chi connectivity index (χ4v) is 3.01. The fourth-order valence-electron chi connectivity index (χ4n) is 2.41. The van der Waals surface area contributed by atoms with Gasteiger partial charge in [-0.15, -0.1) is 0 Å². The monoisotopic (exact) mass is 350 g/mol. The Hall–Kier alpha value is -0.520. The first-order chi connectivity index (χ1) is 9.86. The van der Waals surface area contributed by atoms with Gasteiger partial charge in [-0.05, 0) is 37.9 Å². The third-order valence-corrected chi connectivity index (χ3v) is 4.68. The molecule has 4 nitrogen and oxygen atoms in total. The Labute approximate surface area is 139 Å². The van der Waals surface area contributed by atoms with Gasteiger partial charge in [0.15, 0.2) is 0 Å². The first kappa shape index (κ1) is 16.8. The van der Waals surface area contributed by atoms with Crippen molar-refractivity contribution in [3.8, 4) is 0 Å². The van der Waals surface area contributed by atoms with Crippen LogP contribution in [0, 0.1) is 5.92 Å². The Morgan fingerprint density at radius 1 is 1.38 bits per heavy atom. The molecular formula is C14H17Cl3N2O2.